The van der Waals surface area contributed by atoms with Gasteiger partial charge in [0.25, 0.3) is 0 Å². The van der Waals surface area contributed by atoms with Gasteiger partial charge in [0.15, 0.2) is 11.6 Å². The van der Waals surface area contributed by atoms with Gasteiger partial charge in [0.1, 0.15) is 11.6 Å². The normalized spacial score (nSPS) is 15.2. The number of hydrogen-bond acceptors (Lipinski definition) is 7. The molecule has 3 heterocycles. The van der Waals surface area contributed by atoms with Crippen molar-refractivity contribution in [2.75, 3.05) is 10.6 Å². The van der Waals surface area contributed by atoms with Crippen molar-refractivity contribution >= 4 is 28.9 Å². The first kappa shape index (κ1) is 19.0. The fourth-order valence-electron chi connectivity index (χ4n) is 3.48. The van der Waals surface area contributed by atoms with Crippen LogP contribution < -0.4 is 10.6 Å². The molecule has 0 unspecified atom stereocenters. The molecule has 2 N–H and O–H groups in total. The van der Waals surface area contributed by atoms with Crippen molar-refractivity contribution in [3.63, 3.8) is 0 Å². The monoisotopic (exact) mass is 388 g/mol. The molecular weight excluding hydrogens is 364 g/mol. The highest BCUT2D eigenvalue weighted by Crippen LogP contribution is 2.21. The van der Waals surface area contributed by atoms with Crippen molar-refractivity contribution in [2.45, 2.75) is 44.9 Å². The number of nitrogens with zero attached hydrogens (tertiary/aromatic N) is 4. The number of ketones is 1. The quantitative estimate of drug-likeness (QED) is 0.590. The number of anilines is 4. The fraction of sp³-hybridized carbons (Fsp3) is 0.318. The van der Waals surface area contributed by atoms with Crippen LogP contribution in [0.2, 0.25) is 0 Å². The Labute approximate surface area is 170 Å². The number of Topliss-reactive ketones (excluding diaryl/α,β-unsaturated/α-hetero) is 1. The number of benzene rings is 1. The molecule has 0 saturated carbocycles. The molecule has 29 heavy (non-hydrogen) atoms. The van der Waals surface area contributed by atoms with Crippen LogP contribution in [0.5, 0.6) is 0 Å². The Bertz CT molecular complexity index is 990. The molecule has 0 fully saturated rings. The number of aromatic nitrogens is 4. The van der Waals surface area contributed by atoms with E-state index in [0.29, 0.717) is 36.1 Å². The van der Waals surface area contributed by atoms with Crippen LogP contribution in [0.1, 0.15) is 43.2 Å². The number of pyridine rings is 1. The van der Waals surface area contributed by atoms with Gasteiger partial charge in [0, 0.05) is 30.8 Å². The second-order valence-electron chi connectivity index (χ2n) is 7.30. The van der Waals surface area contributed by atoms with E-state index in [0.717, 1.165) is 37.8 Å². The van der Waals surface area contributed by atoms with E-state index in [-0.39, 0.29) is 0 Å². The van der Waals surface area contributed by atoms with Crippen LogP contribution >= 0.6 is 0 Å². The topological polar surface area (TPSA) is 92.7 Å². The zero-order chi connectivity index (χ0) is 19.9. The third-order valence-corrected chi connectivity index (χ3v) is 4.95. The molecule has 0 saturated heterocycles. The molecule has 6 bridgehead atoms. The third kappa shape index (κ3) is 5.57. The smallest absolute Gasteiger partial charge is 0.159 e. The molecule has 0 radical (unpaired) electrons. The first-order valence-electron chi connectivity index (χ1n) is 10.0. The number of carbonyl (C=O) groups excluding carboxylic acids is 1. The Hall–Kier alpha value is -3.35. The van der Waals surface area contributed by atoms with E-state index in [1.807, 2.05) is 24.3 Å². The summed E-state index contributed by atoms with van der Waals surface area (Å²) in [7, 11) is 0. The van der Waals surface area contributed by atoms with Gasteiger partial charge in [-0.3, -0.25) is 4.79 Å². The summed E-state index contributed by atoms with van der Waals surface area (Å²) < 4.78 is 0. The molecule has 2 aromatic heterocycles. The average Bonchev–Trinajstić information content (AvgIpc) is 2.72. The van der Waals surface area contributed by atoms with Crippen LogP contribution in [0.3, 0.4) is 0 Å². The molecule has 0 amide bonds. The molecule has 1 aliphatic rings. The summed E-state index contributed by atoms with van der Waals surface area (Å²) in [4.78, 5) is 16.5. The predicted molar refractivity (Wildman–Crippen MR) is 113 cm³/mol. The zero-order valence-corrected chi connectivity index (χ0v) is 16.3. The third-order valence-electron chi connectivity index (χ3n) is 4.95. The van der Waals surface area contributed by atoms with Crippen LogP contribution in [0.4, 0.5) is 23.1 Å². The van der Waals surface area contributed by atoms with E-state index < -0.39 is 0 Å². The highest BCUT2D eigenvalue weighted by molar-refractivity contribution is 5.78. The summed E-state index contributed by atoms with van der Waals surface area (Å²) in [6.07, 6.45) is 7.66. The Morgan fingerprint density at radius 3 is 2.41 bits per heavy atom. The van der Waals surface area contributed by atoms with Crippen LogP contribution in [-0.4, -0.2) is 26.2 Å². The second-order valence-corrected chi connectivity index (χ2v) is 7.30. The van der Waals surface area contributed by atoms with Crippen LogP contribution in [0.15, 0.2) is 48.7 Å². The molecule has 0 aliphatic carbocycles. The van der Waals surface area contributed by atoms with Gasteiger partial charge in [-0.2, -0.15) is 0 Å². The van der Waals surface area contributed by atoms with E-state index in [4.69, 9.17) is 0 Å². The number of hydrogen-bond donors (Lipinski definition) is 2. The van der Waals surface area contributed by atoms with E-state index in [2.05, 4.69) is 43.2 Å². The van der Waals surface area contributed by atoms with Gasteiger partial charge >= 0.3 is 0 Å². The average molecular weight is 388 g/mol. The summed E-state index contributed by atoms with van der Waals surface area (Å²) in [5.74, 6) is 2.24. The maximum atomic E-state index is 12.2. The van der Waals surface area contributed by atoms with Crippen molar-refractivity contribution in [3.8, 4) is 0 Å². The standard InChI is InChI=1S/C22H24N6O/c29-19-9-2-1-5-17-11-12-23-20(14-17)25-22-15-21(26-28-27-22)24-18-8-3-6-16(13-18)7-4-10-19/h3,6,8,11-15H,1-2,4-5,7,9-10H2,(H2,23,24,25,26,27). The maximum absolute atomic E-state index is 12.2. The van der Waals surface area contributed by atoms with E-state index >= 15 is 0 Å². The zero-order valence-electron chi connectivity index (χ0n) is 16.3. The van der Waals surface area contributed by atoms with Gasteiger partial charge in [0.05, 0.1) is 0 Å². The number of rotatable bonds is 0. The number of nitrogens with one attached hydrogen (secondary N) is 2. The fourth-order valence-corrected chi connectivity index (χ4v) is 3.48. The lowest BCUT2D eigenvalue weighted by atomic mass is 10.0. The number of aryl methyl sites for hydroxylation is 2. The summed E-state index contributed by atoms with van der Waals surface area (Å²) in [5.41, 5.74) is 3.31. The first-order chi connectivity index (χ1) is 14.2. The molecule has 7 heteroatoms. The second kappa shape index (κ2) is 9.23. The summed E-state index contributed by atoms with van der Waals surface area (Å²) >= 11 is 0. The number of carbonyl (C=O) groups is 1. The molecule has 0 atom stereocenters. The van der Waals surface area contributed by atoms with Crippen molar-refractivity contribution in [1.82, 2.24) is 20.4 Å². The molecule has 0 spiro atoms. The summed E-state index contributed by atoms with van der Waals surface area (Å²) in [6, 6.07) is 14.0. The Morgan fingerprint density at radius 1 is 0.724 bits per heavy atom. The van der Waals surface area contributed by atoms with E-state index in [1.165, 1.54) is 11.1 Å². The van der Waals surface area contributed by atoms with Crippen molar-refractivity contribution < 1.29 is 4.79 Å². The van der Waals surface area contributed by atoms with Gasteiger partial charge in [-0.1, -0.05) is 12.1 Å². The minimum absolute atomic E-state index is 0.353. The van der Waals surface area contributed by atoms with Gasteiger partial charge in [-0.25, -0.2) is 4.98 Å². The van der Waals surface area contributed by atoms with Crippen LogP contribution in [0, 0.1) is 0 Å². The summed E-state index contributed by atoms with van der Waals surface area (Å²) in [6.45, 7) is 0. The van der Waals surface area contributed by atoms with Crippen molar-refractivity contribution in [3.05, 3.63) is 59.8 Å². The lowest BCUT2D eigenvalue weighted by Gasteiger charge is -2.09. The van der Waals surface area contributed by atoms with Crippen LogP contribution in [0.25, 0.3) is 0 Å². The minimum atomic E-state index is 0.353. The van der Waals surface area contributed by atoms with Gasteiger partial charge in [0.2, 0.25) is 0 Å². The molecule has 4 rings (SSSR count). The first-order valence-corrected chi connectivity index (χ1v) is 10.0. The van der Waals surface area contributed by atoms with Crippen molar-refractivity contribution in [2.24, 2.45) is 0 Å². The minimum Gasteiger partial charge on any atom is -0.339 e. The number of fused-ring (bicyclic) bond motifs is 6. The molecule has 3 aromatic rings. The van der Waals surface area contributed by atoms with Crippen molar-refractivity contribution in [1.29, 1.82) is 0 Å². The molecule has 7 nitrogen and oxygen atoms in total. The Morgan fingerprint density at radius 2 is 1.48 bits per heavy atom. The maximum Gasteiger partial charge on any atom is 0.159 e. The molecular formula is C22H24N6O. The predicted octanol–water partition coefficient (Wildman–Crippen LogP) is 4.37. The molecule has 1 aliphatic heterocycles. The highest BCUT2D eigenvalue weighted by atomic mass is 16.1. The van der Waals surface area contributed by atoms with Gasteiger partial charge in [-0.15, -0.1) is 10.2 Å². The molecule has 148 valence electrons. The lowest BCUT2D eigenvalue weighted by Crippen LogP contribution is -2.03. The SMILES string of the molecule is O=C1CCCCc2ccnc(c2)Nc2cc(nnn2)Nc2cccc(c2)CCC1. The van der Waals surface area contributed by atoms with Gasteiger partial charge < -0.3 is 10.6 Å². The highest BCUT2D eigenvalue weighted by Gasteiger charge is 2.07. The van der Waals surface area contributed by atoms with Crippen LogP contribution in [-0.2, 0) is 17.6 Å². The largest absolute Gasteiger partial charge is 0.339 e. The molecule has 1 aromatic carbocycles. The van der Waals surface area contributed by atoms with E-state index in [1.54, 1.807) is 12.3 Å². The van der Waals surface area contributed by atoms with Gasteiger partial charge in [-0.05, 0) is 72.7 Å². The Balaban J connectivity index is 1.58. The summed E-state index contributed by atoms with van der Waals surface area (Å²) in [5, 5.41) is 18.4. The van der Waals surface area contributed by atoms with E-state index in [9.17, 15) is 4.79 Å². The lowest BCUT2D eigenvalue weighted by molar-refractivity contribution is -0.119. The Kier molecular flexibility index (Phi) is 6.04.